The third kappa shape index (κ3) is 2.50. The number of rotatable bonds is 3. The van der Waals surface area contributed by atoms with Crippen LogP contribution in [0, 0.1) is 5.92 Å². The van der Waals surface area contributed by atoms with Gasteiger partial charge in [-0.05, 0) is 29.6 Å². The van der Waals surface area contributed by atoms with Gasteiger partial charge in [-0.3, -0.25) is 4.79 Å². The van der Waals surface area contributed by atoms with E-state index < -0.39 is 0 Å². The number of carbonyl (C=O) groups excluding carboxylic acids is 1. The molecule has 18 heavy (non-hydrogen) atoms. The number of amides is 1. The highest BCUT2D eigenvalue weighted by Crippen LogP contribution is 2.34. The first-order chi connectivity index (χ1) is 8.61. The van der Waals surface area contributed by atoms with Crippen LogP contribution in [0.15, 0.2) is 23.3 Å². The predicted octanol–water partition coefficient (Wildman–Crippen LogP) is 2.71. The molecule has 1 N–H and O–H groups in total. The van der Waals surface area contributed by atoms with Gasteiger partial charge in [0.15, 0.2) is 0 Å². The lowest BCUT2D eigenvalue weighted by molar-refractivity contribution is -0.117. The van der Waals surface area contributed by atoms with Crippen LogP contribution in [0.5, 0.6) is 5.75 Å². The summed E-state index contributed by atoms with van der Waals surface area (Å²) in [4.78, 5) is 16.0. The summed E-state index contributed by atoms with van der Waals surface area (Å²) < 4.78 is 0. The molecule has 1 aliphatic rings. The molecular weight excluding hydrogens is 256 g/mol. The van der Waals surface area contributed by atoms with Crippen molar-refractivity contribution in [2.75, 3.05) is 18.0 Å². The van der Waals surface area contributed by atoms with Gasteiger partial charge in [-0.1, -0.05) is 16.7 Å². The van der Waals surface area contributed by atoms with Gasteiger partial charge in [0.2, 0.25) is 5.91 Å². The molecule has 94 valence electrons. The Hall–Kier alpha value is -1.91. The van der Waals surface area contributed by atoms with Crippen molar-refractivity contribution >= 4 is 23.2 Å². The smallest absolute Gasteiger partial charge is 0.227 e. The van der Waals surface area contributed by atoms with Gasteiger partial charge in [-0.2, -0.15) is 0 Å². The lowest BCUT2D eigenvalue weighted by Gasteiger charge is -2.18. The second kappa shape index (κ2) is 5.16. The van der Waals surface area contributed by atoms with Crippen molar-refractivity contribution in [3.8, 4) is 5.75 Å². The lowest BCUT2D eigenvalue weighted by Crippen LogP contribution is -2.24. The topological polar surface area (TPSA) is 89.3 Å². The average Bonchev–Trinajstić information content (AvgIpc) is 2.71. The summed E-state index contributed by atoms with van der Waals surface area (Å²) in [5.41, 5.74) is 8.66. The minimum Gasteiger partial charge on any atom is -0.506 e. The Balaban J connectivity index is 2.21. The third-order valence-electron chi connectivity index (χ3n) is 2.84. The SMILES string of the molecule is [N-]=[N+]=NCC1CC(=O)N(c2cc(Cl)ccc2O)C1. The maximum Gasteiger partial charge on any atom is 0.227 e. The molecule has 1 atom stereocenters. The zero-order valence-corrected chi connectivity index (χ0v) is 10.2. The molecule has 1 saturated heterocycles. The number of hydrogen-bond donors (Lipinski definition) is 1. The van der Waals surface area contributed by atoms with E-state index >= 15 is 0 Å². The summed E-state index contributed by atoms with van der Waals surface area (Å²) in [5, 5.41) is 13.7. The summed E-state index contributed by atoms with van der Waals surface area (Å²) >= 11 is 5.85. The number of benzene rings is 1. The largest absolute Gasteiger partial charge is 0.506 e. The van der Waals surface area contributed by atoms with E-state index in [1.165, 1.54) is 11.0 Å². The van der Waals surface area contributed by atoms with Crippen molar-refractivity contribution in [3.05, 3.63) is 33.7 Å². The molecule has 1 amide bonds. The number of phenols is 1. The van der Waals surface area contributed by atoms with Crippen LogP contribution in [0.1, 0.15) is 6.42 Å². The minimum atomic E-state index is -0.106. The fourth-order valence-corrected chi connectivity index (χ4v) is 2.17. The fourth-order valence-electron chi connectivity index (χ4n) is 2.00. The number of hydrogen-bond acceptors (Lipinski definition) is 3. The Morgan fingerprint density at radius 3 is 3.11 bits per heavy atom. The first-order valence-electron chi connectivity index (χ1n) is 5.41. The summed E-state index contributed by atoms with van der Waals surface area (Å²) in [5.74, 6) is -0.116. The van der Waals surface area contributed by atoms with Gasteiger partial charge in [0.1, 0.15) is 5.75 Å². The number of carbonyl (C=O) groups is 1. The molecule has 0 radical (unpaired) electrons. The van der Waals surface area contributed by atoms with Gasteiger partial charge in [-0.25, -0.2) is 0 Å². The van der Waals surface area contributed by atoms with Gasteiger partial charge in [0.05, 0.1) is 5.69 Å². The molecule has 1 heterocycles. The zero-order chi connectivity index (χ0) is 13.1. The summed E-state index contributed by atoms with van der Waals surface area (Å²) in [7, 11) is 0. The molecular formula is C11H11ClN4O2. The van der Waals surface area contributed by atoms with Crippen LogP contribution in [-0.2, 0) is 4.79 Å². The number of azide groups is 1. The van der Waals surface area contributed by atoms with Crippen molar-refractivity contribution in [1.29, 1.82) is 0 Å². The van der Waals surface area contributed by atoms with E-state index in [1.54, 1.807) is 12.1 Å². The average molecular weight is 267 g/mol. The molecule has 0 saturated carbocycles. The van der Waals surface area contributed by atoms with Crippen LogP contribution >= 0.6 is 11.6 Å². The van der Waals surface area contributed by atoms with Crippen LogP contribution in [0.2, 0.25) is 5.02 Å². The highest BCUT2D eigenvalue weighted by Gasteiger charge is 2.31. The van der Waals surface area contributed by atoms with Gasteiger partial charge in [0, 0.05) is 29.4 Å². The van der Waals surface area contributed by atoms with Crippen LogP contribution in [0.25, 0.3) is 10.4 Å². The normalized spacial score (nSPS) is 18.8. The quantitative estimate of drug-likeness (QED) is 0.518. The molecule has 1 aromatic rings. The van der Waals surface area contributed by atoms with Crippen molar-refractivity contribution in [2.24, 2.45) is 11.0 Å². The number of aromatic hydroxyl groups is 1. The van der Waals surface area contributed by atoms with Gasteiger partial charge >= 0.3 is 0 Å². The number of phenolic OH excluding ortho intramolecular Hbond substituents is 1. The Morgan fingerprint density at radius 2 is 2.39 bits per heavy atom. The van der Waals surface area contributed by atoms with E-state index in [1.807, 2.05) is 0 Å². The third-order valence-corrected chi connectivity index (χ3v) is 3.07. The van der Waals surface area contributed by atoms with Crippen LogP contribution < -0.4 is 4.90 Å². The molecule has 1 aliphatic heterocycles. The molecule has 6 nitrogen and oxygen atoms in total. The Morgan fingerprint density at radius 1 is 1.61 bits per heavy atom. The van der Waals surface area contributed by atoms with E-state index in [0.717, 1.165) is 0 Å². The van der Waals surface area contributed by atoms with E-state index in [4.69, 9.17) is 17.1 Å². The molecule has 0 spiro atoms. The van der Waals surface area contributed by atoms with E-state index in [2.05, 4.69) is 10.0 Å². The fraction of sp³-hybridized carbons (Fsp3) is 0.364. The summed E-state index contributed by atoms with van der Waals surface area (Å²) in [6, 6.07) is 4.55. The number of halogens is 1. The van der Waals surface area contributed by atoms with Gasteiger partial charge in [-0.15, -0.1) is 0 Å². The minimum absolute atomic E-state index is 0.0113. The first-order valence-corrected chi connectivity index (χ1v) is 5.79. The maximum atomic E-state index is 11.8. The van der Waals surface area contributed by atoms with Crippen molar-refractivity contribution < 1.29 is 9.90 Å². The molecule has 7 heteroatoms. The highest BCUT2D eigenvalue weighted by molar-refractivity contribution is 6.31. The molecule has 0 aromatic heterocycles. The molecule has 1 fully saturated rings. The highest BCUT2D eigenvalue weighted by atomic mass is 35.5. The van der Waals surface area contributed by atoms with Crippen LogP contribution in [0.3, 0.4) is 0 Å². The van der Waals surface area contributed by atoms with Crippen molar-refractivity contribution in [3.63, 3.8) is 0 Å². The molecule has 1 aromatic carbocycles. The number of anilines is 1. The Labute approximate surface area is 108 Å². The van der Waals surface area contributed by atoms with Crippen LogP contribution in [-0.4, -0.2) is 24.1 Å². The van der Waals surface area contributed by atoms with E-state index in [-0.39, 0.29) is 24.1 Å². The van der Waals surface area contributed by atoms with Crippen molar-refractivity contribution in [2.45, 2.75) is 6.42 Å². The molecule has 0 bridgehead atoms. The predicted molar refractivity (Wildman–Crippen MR) is 67.6 cm³/mol. The molecule has 1 unspecified atom stereocenters. The zero-order valence-electron chi connectivity index (χ0n) is 9.45. The van der Waals surface area contributed by atoms with Crippen LogP contribution in [0.4, 0.5) is 5.69 Å². The Kier molecular flexibility index (Phi) is 3.60. The van der Waals surface area contributed by atoms with Gasteiger partial charge in [0.25, 0.3) is 0 Å². The van der Waals surface area contributed by atoms with E-state index in [9.17, 15) is 9.90 Å². The Bertz CT molecular complexity index is 528. The number of nitrogens with zero attached hydrogens (tertiary/aromatic N) is 4. The standard InChI is InChI=1S/C11H11ClN4O2/c12-8-1-2-10(17)9(4-8)16-6-7(3-11(16)18)5-14-15-13/h1-2,4,7,17H,3,5-6H2. The molecule has 0 aliphatic carbocycles. The molecule has 2 rings (SSSR count). The maximum absolute atomic E-state index is 11.8. The monoisotopic (exact) mass is 266 g/mol. The lowest BCUT2D eigenvalue weighted by atomic mass is 10.1. The summed E-state index contributed by atoms with van der Waals surface area (Å²) in [6.45, 7) is 0.700. The van der Waals surface area contributed by atoms with Crippen molar-refractivity contribution in [1.82, 2.24) is 0 Å². The van der Waals surface area contributed by atoms with Gasteiger partial charge < -0.3 is 10.0 Å². The first kappa shape index (κ1) is 12.5. The summed E-state index contributed by atoms with van der Waals surface area (Å²) in [6.07, 6.45) is 0.310. The second-order valence-corrected chi connectivity index (χ2v) is 4.56. The second-order valence-electron chi connectivity index (χ2n) is 4.12. The van der Waals surface area contributed by atoms with E-state index in [0.29, 0.717) is 23.7 Å².